The van der Waals surface area contributed by atoms with Gasteiger partial charge in [-0.2, -0.15) is 0 Å². The van der Waals surface area contributed by atoms with Gasteiger partial charge in [0, 0.05) is 0 Å². The zero-order valence-electron chi connectivity index (χ0n) is 17.4. The fourth-order valence-corrected chi connectivity index (χ4v) is 3.82. The van der Waals surface area contributed by atoms with Gasteiger partial charge in [-0.15, -0.1) is 0 Å². The van der Waals surface area contributed by atoms with Gasteiger partial charge in [-0.3, -0.25) is 4.79 Å². The van der Waals surface area contributed by atoms with Crippen molar-refractivity contribution in [1.29, 1.82) is 0 Å². The number of carboxylic acids is 1. The van der Waals surface area contributed by atoms with Gasteiger partial charge in [0.05, 0.1) is 13.0 Å². The standard InChI is InChI=1S/C21H38NO5P/c1-2-3-4-5-6-7-8-9-10-11-12-13-14-15-16-17-20(24)28(27)22-19(18-23)21(25)26/h9-10,19,23H,2-8,11-18H2,1H3,(H-,22,25,26,27)/p+1/b10-9-. The fraction of sp³-hybridized carbons (Fsp3) is 0.810. The van der Waals surface area contributed by atoms with Crippen molar-refractivity contribution >= 4 is 19.4 Å². The van der Waals surface area contributed by atoms with Gasteiger partial charge in [0.2, 0.25) is 0 Å². The molecule has 2 atom stereocenters. The van der Waals surface area contributed by atoms with Crippen LogP contribution in [-0.2, 0) is 14.2 Å². The molecule has 0 aromatic heterocycles. The topological polar surface area (TPSA) is 104 Å². The predicted octanol–water partition coefficient (Wildman–Crippen LogP) is 5.33. The number of unbranched alkanes of at least 4 members (excludes halogenated alkanes) is 11. The average Bonchev–Trinajstić information content (AvgIpc) is 2.68. The van der Waals surface area contributed by atoms with Gasteiger partial charge >= 0.3 is 19.4 Å². The van der Waals surface area contributed by atoms with Crippen LogP contribution in [0.15, 0.2) is 12.2 Å². The van der Waals surface area contributed by atoms with Gasteiger partial charge in [-0.1, -0.05) is 75.5 Å². The van der Waals surface area contributed by atoms with E-state index in [0.29, 0.717) is 6.42 Å². The zero-order chi connectivity index (χ0) is 21.0. The molecule has 0 radical (unpaired) electrons. The van der Waals surface area contributed by atoms with E-state index < -0.39 is 32.1 Å². The molecule has 0 aromatic rings. The molecule has 0 aromatic carbocycles. The highest BCUT2D eigenvalue weighted by atomic mass is 31.1. The zero-order valence-corrected chi connectivity index (χ0v) is 18.3. The summed E-state index contributed by atoms with van der Waals surface area (Å²) in [5.74, 6) is -1.32. The fourth-order valence-electron chi connectivity index (χ4n) is 2.84. The molecule has 0 aliphatic carbocycles. The Hall–Kier alpha value is -1.10. The highest BCUT2D eigenvalue weighted by molar-refractivity contribution is 7.61. The van der Waals surface area contributed by atoms with Crippen molar-refractivity contribution in [2.75, 3.05) is 6.61 Å². The van der Waals surface area contributed by atoms with Crippen LogP contribution < -0.4 is 5.09 Å². The van der Waals surface area contributed by atoms with E-state index in [2.05, 4.69) is 24.2 Å². The van der Waals surface area contributed by atoms with Crippen LogP contribution in [0.4, 0.5) is 0 Å². The first-order chi connectivity index (χ1) is 13.5. The number of carboxylic acid groups (broad SMARTS) is 1. The predicted molar refractivity (Wildman–Crippen MR) is 114 cm³/mol. The third-order valence-corrected chi connectivity index (χ3v) is 5.86. The van der Waals surface area contributed by atoms with Gasteiger partial charge in [0.25, 0.3) is 0 Å². The van der Waals surface area contributed by atoms with Crippen molar-refractivity contribution in [2.45, 2.75) is 103 Å². The number of carbonyl (C=O) groups is 2. The number of rotatable bonds is 20. The molecule has 0 aliphatic rings. The lowest BCUT2D eigenvalue weighted by molar-refractivity contribution is -0.139. The third kappa shape index (κ3) is 15.9. The number of nitrogens with one attached hydrogen (secondary N) is 1. The summed E-state index contributed by atoms with van der Waals surface area (Å²) in [7, 11) is -2.45. The molecule has 2 unspecified atom stereocenters. The molecule has 7 heteroatoms. The van der Waals surface area contributed by atoms with E-state index in [-0.39, 0.29) is 6.42 Å². The van der Waals surface area contributed by atoms with Crippen molar-refractivity contribution < 1.29 is 24.4 Å². The Morgan fingerprint density at radius 1 is 0.893 bits per heavy atom. The summed E-state index contributed by atoms with van der Waals surface area (Å²) >= 11 is 0. The maximum absolute atomic E-state index is 11.7. The van der Waals surface area contributed by atoms with Crippen LogP contribution >= 0.6 is 7.95 Å². The largest absolute Gasteiger partial charge is 0.510 e. The lowest BCUT2D eigenvalue weighted by Crippen LogP contribution is -2.36. The first-order valence-corrected chi connectivity index (χ1v) is 12.0. The molecule has 0 rings (SSSR count). The summed E-state index contributed by atoms with van der Waals surface area (Å²) in [5.41, 5.74) is -0.479. The second kappa shape index (κ2) is 19.2. The second-order valence-corrected chi connectivity index (χ2v) is 8.57. The van der Waals surface area contributed by atoms with Crippen LogP contribution in [0, 0.1) is 0 Å². The summed E-state index contributed by atoms with van der Waals surface area (Å²) < 4.78 is 11.7. The Labute approximate surface area is 171 Å². The highest BCUT2D eigenvalue weighted by Crippen LogP contribution is 2.21. The number of hydrogen-bond donors (Lipinski definition) is 3. The maximum Gasteiger partial charge on any atom is 0.510 e. The Kier molecular flexibility index (Phi) is 18.5. The van der Waals surface area contributed by atoms with Gasteiger partial charge in [-0.05, 0) is 36.7 Å². The number of aliphatic hydroxyl groups excluding tert-OH is 1. The van der Waals surface area contributed by atoms with E-state index in [4.69, 9.17) is 10.2 Å². The minimum Gasteiger partial charge on any atom is -0.480 e. The van der Waals surface area contributed by atoms with E-state index in [1.54, 1.807) is 0 Å². The number of hydrogen-bond acceptors (Lipinski definition) is 4. The SMILES string of the molecule is CCCCCCCC/C=C\CCCCCCCC(=O)[P+](=O)NC(CO)C(=O)O. The summed E-state index contributed by atoms with van der Waals surface area (Å²) in [6.07, 6.45) is 19.9. The van der Waals surface area contributed by atoms with Crippen LogP contribution in [0.25, 0.3) is 0 Å². The number of carbonyl (C=O) groups excluding carboxylic acids is 1. The molecule has 3 N–H and O–H groups in total. The number of allylic oxidation sites excluding steroid dienone is 2. The van der Waals surface area contributed by atoms with Crippen molar-refractivity contribution in [3.05, 3.63) is 12.2 Å². The van der Waals surface area contributed by atoms with Crippen LogP contribution in [0.3, 0.4) is 0 Å². The van der Waals surface area contributed by atoms with Crippen molar-refractivity contribution in [3.8, 4) is 0 Å². The quantitative estimate of drug-likeness (QED) is 0.141. The van der Waals surface area contributed by atoms with E-state index in [0.717, 1.165) is 32.1 Å². The third-order valence-electron chi connectivity index (χ3n) is 4.63. The number of aliphatic carboxylic acids is 1. The van der Waals surface area contributed by atoms with Crippen LogP contribution in [0.1, 0.15) is 96.8 Å². The molecule has 0 saturated carbocycles. The van der Waals surface area contributed by atoms with Gasteiger partial charge < -0.3 is 10.2 Å². The van der Waals surface area contributed by atoms with Crippen LogP contribution in [-0.4, -0.2) is 34.4 Å². The van der Waals surface area contributed by atoms with Crippen LogP contribution in [0.5, 0.6) is 0 Å². The minimum absolute atomic E-state index is 0.179. The molecule has 28 heavy (non-hydrogen) atoms. The maximum atomic E-state index is 11.7. The molecular weight excluding hydrogens is 377 g/mol. The molecule has 0 spiro atoms. The molecule has 0 aliphatic heterocycles. The molecule has 0 bridgehead atoms. The molecule has 0 heterocycles. The monoisotopic (exact) mass is 416 g/mol. The highest BCUT2D eigenvalue weighted by Gasteiger charge is 2.33. The van der Waals surface area contributed by atoms with Gasteiger partial charge in [-0.25, -0.2) is 4.79 Å². The Morgan fingerprint density at radius 2 is 1.39 bits per heavy atom. The van der Waals surface area contributed by atoms with Crippen molar-refractivity contribution in [1.82, 2.24) is 5.09 Å². The van der Waals surface area contributed by atoms with Gasteiger partial charge in [0.15, 0.2) is 6.04 Å². The van der Waals surface area contributed by atoms with E-state index in [1.807, 2.05) is 0 Å². The van der Waals surface area contributed by atoms with E-state index in [9.17, 15) is 14.2 Å². The summed E-state index contributed by atoms with van der Waals surface area (Å²) in [6, 6.07) is -1.36. The Bertz CT molecular complexity index is 468. The molecule has 0 amide bonds. The Balaban J connectivity index is 3.51. The van der Waals surface area contributed by atoms with Crippen molar-refractivity contribution in [3.63, 3.8) is 0 Å². The normalized spacial score (nSPS) is 13.0. The number of aliphatic hydroxyl groups is 1. The average molecular weight is 417 g/mol. The first kappa shape index (κ1) is 26.9. The van der Waals surface area contributed by atoms with E-state index >= 15 is 0 Å². The molecule has 162 valence electrons. The second-order valence-electron chi connectivity index (χ2n) is 7.22. The lowest BCUT2D eigenvalue weighted by atomic mass is 10.1. The molecular formula is C21H39NO5P+. The smallest absolute Gasteiger partial charge is 0.480 e. The van der Waals surface area contributed by atoms with E-state index in [1.165, 1.54) is 44.9 Å². The summed E-state index contributed by atoms with van der Waals surface area (Å²) in [4.78, 5) is 22.5. The lowest BCUT2D eigenvalue weighted by Gasteiger charge is -2.02. The molecule has 6 nitrogen and oxygen atoms in total. The molecule has 0 saturated heterocycles. The minimum atomic E-state index is -2.45. The van der Waals surface area contributed by atoms with Gasteiger partial charge in [0.1, 0.15) is 0 Å². The Morgan fingerprint density at radius 3 is 1.89 bits per heavy atom. The molecule has 0 fully saturated rings. The van der Waals surface area contributed by atoms with Crippen molar-refractivity contribution in [2.24, 2.45) is 0 Å². The first-order valence-electron chi connectivity index (χ1n) is 10.8. The van der Waals surface area contributed by atoms with Crippen LogP contribution in [0.2, 0.25) is 0 Å². The summed E-state index contributed by atoms with van der Waals surface area (Å²) in [6.45, 7) is 1.54. The summed E-state index contributed by atoms with van der Waals surface area (Å²) in [5, 5.41) is 19.8.